The molecule has 0 radical (unpaired) electrons. The lowest BCUT2D eigenvalue weighted by Gasteiger charge is -2.01. The number of rotatable bonds is 6. The number of aromatic nitrogens is 3. The summed E-state index contributed by atoms with van der Waals surface area (Å²) in [5.41, 5.74) is 4.67. The quantitative estimate of drug-likeness (QED) is 0.325. The third-order valence-corrected chi connectivity index (χ3v) is 3.24. The third kappa shape index (κ3) is 5.28. The maximum absolute atomic E-state index is 4.27. The van der Waals surface area contributed by atoms with E-state index in [1.807, 2.05) is 36.4 Å². The summed E-state index contributed by atoms with van der Waals surface area (Å²) in [7, 11) is 0. The molecule has 0 amide bonds. The first-order valence-electron chi connectivity index (χ1n) is 7.84. The predicted molar refractivity (Wildman–Crippen MR) is 96.3 cm³/mol. The summed E-state index contributed by atoms with van der Waals surface area (Å²) < 4.78 is 0. The van der Waals surface area contributed by atoms with Gasteiger partial charge in [-0.1, -0.05) is 36.4 Å². The minimum absolute atomic E-state index is 0.388. The molecule has 0 saturated heterocycles. The Balaban J connectivity index is 1.69. The molecule has 0 aliphatic rings. The summed E-state index contributed by atoms with van der Waals surface area (Å²) in [6.45, 7) is 0.570. The maximum Gasteiger partial charge on any atom is 0.219 e. The molecule has 1 N–H and O–H groups in total. The van der Waals surface area contributed by atoms with Crippen LogP contribution in [0.4, 0.5) is 5.82 Å². The van der Waals surface area contributed by atoms with Crippen molar-refractivity contribution in [1.29, 1.82) is 0 Å². The average molecular weight is 331 g/mol. The van der Waals surface area contributed by atoms with Crippen LogP contribution in [0.25, 0.3) is 0 Å². The van der Waals surface area contributed by atoms with Gasteiger partial charge in [-0.2, -0.15) is 5.11 Å². The summed E-state index contributed by atoms with van der Waals surface area (Å²) in [5, 5.41) is 12.7. The molecule has 7 nitrogen and oxygen atoms in total. The number of nitrogens with one attached hydrogen (secondary N) is 1. The number of hydrazone groups is 1. The second kappa shape index (κ2) is 8.97. The van der Waals surface area contributed by atoms with Crippen LogP contribution >= 0.6 is 0 Å². The van der Waals surface area contributed by atoms with Gasteiger partial charge in [0, 0.05) is 18.6 Å². The molecule has 0 aliphatic carbocycles. The number of amidine groups is 1. The molecule has 0 spiro atoms. The van der Waals surface area contributed by atoms with Gasteiger partial charge in [-0.15, -0.1) is 10.2 Å². The highest BCUT2D eigenvalue weighted by Crippen LogP contribution is 2.04. The molecule has 0 saturated carbocycles. The monoisotopic (exact) mass is 331 g/mol. The van der Waals surface area contributed by atoms with Gasteiger partial charge in [-0.3, -0.25) is 15.4 Å². The van der Waals surface area contributed by atoms with E-state index in [9.17, 15) is 0 Å². The highest BCUT2D eigenvalue weighted by Gasteiger charge is 2.04. The Morgan fingerprint density at radius 2 is 1.80 bits per heavy atom. The fourth-order valence-electron chi connectivity index (χ4n) is 2.03. The standard InChI is InChI=1S/C18H17N7/c1-2-6-15(7-3-1)9-11-22-24-18(16-8-4-5-10-20-16)25-23-17-14-19-12-13-21-17/h1-8,10,12-14H,9,11H2,(H,21,23)/b24-22?,25-18+. The van der Waals surface area contributed by atoms with Crippen molar-refractivity contribution >= 4 is 11.7 Å². The van der Waals surface area contributed by atoms with Gasteiger partial charge in [-0.05, 0) is 24.1 Å². The molecule has 0 aliphatic heterocycles. The van der Waals surface area contributed by atoms with Crippen LogP contribution in [0.3, 0.4) is 0 Å². The SMILES string of the molecule is c1ccc(CCN=N/C(=N/Nc2cnccn2)c2ccccn2)cc1. The van der Waals surface area contributed by atoms with E-state index in [-0.39, 0.29) is 0 Å². The van der Waals surface area contributed by atoms with Crippen molar-refractivity contribution in [2.24, 2.45) is 15.3 Å². The van der Waals surface area contributed by atoms with E-state index in [0.29, 0.717) is 23.9 Å². The summed E-state index contributed by atoms with van der Waals surface area (Å²) in [5.74, 6) is 0.912. The molecule has 7 heteroatoms. The molecule has 0 bridgehead atoms. The normalized spacial score (nSPS) is 11.6. The first kappa shape index (κ1) is 16.4. The Kier molecular flexibility index (Phi) is 5.88. The van der Waals surface area contributed by atoms with E-state index in [2.05, 4.69) is 47.8 Å². The van der Waals surface area contributed by atoms with Crippen LogP contribution < -0.4 is 5.43 Å². The van der Waals surface area contributed by atoms with Gasteiger partial charge in [0.15, 0.2) is 5.82 Å². The zero-order valence-corrected chi connectivity index (χ0v) is 13.5. The van der Waals surface area contributed by atoms with Crippen molar-refractivity contribution in [2.45, 2.75) is 6.42 Å². The van der Waals surface area contributed by atoms with Crippen LogP contribution in [0.1, 0.15) is 11.3 Å². The summed E-state index contributed by atoms with van der Waals surface area (Å²) in [4.78, 5) is 12.4. The first-order chi connectivity index (χ1) is 12.4. The van der Waals surface area contributed by atoms with Gasteiger partial charge in [0.2, 0.25) is 5.84 Å². The minimum atomic E-state index is 0.388. The van der Waals surface area contributed by atoms with Crippen LogP contribution in [0, 0.1) is 0 Å². The number of benzene rings is 1. The predicted octanol–water partition coefficient (Wildman–Crippen LogP) is 3.34. The van der Waals surface area contributed by atoms with Crippen LogP contribution in [0.2, 0.25) is 0 Å². The number of azo groups is 1. The van der Waals surface area contributed by atoms with Crippen LogP contribution in [0.15, 0.2) is 88.6 Å². The number of hydrogen-bond donors (Lipinski definition) is 1. The van der Waals surface area contributed by atoms with Crippen molar-refractivity contribution < 1.29 is 0 Å². The van der Waals surface area contributed by atoms with Crippen molar-refractivity contribution in [3.63, 3.8) is 0 Å². The number of anilines is 1. The second-order valence-electron chi connectivity index (χ2n) is 5.05. The third-order valence-electron chi connectivity index (χ3n) is 3.24. The van der Waals surface area contributed by atoms with Crippen molar-refractivity contribution in [2.75, 3.05) is 12.0 Å². The van der Waals surface area contributed by atoms with E-state index < -0.39 is 0 Å². The number of hydrogen-bond acceptors (Lipinski definition) is 6. The Bertz CT molecular complexity index is 818. The average Bonchev–Trinajstić information content (AvgIpc) is 2.70. The Morgan fingerprint density at radius 1 is 0.920 bits per heavy atom. The number of nitrogens with zero attached hydrogens (tertiary/aromatic N) is 6. The van der Waals surface area contributed by atoms with Gasteiger partial charge >= 0.3 is 0 Å². The second-order valence-corrected chi connectivity index (χ2v) is 5.05. The molecule has 0 atom stereocenters. The highest BCUT2D eigenvalue weighted by molar-refractivity contribution is 5.97. The molecule has 1 aromatic carbocycles. The van der Waals surface area contributed by atoms with E-state index in [4.69, 9.17) is 0 Å². The molecule has 0 unspecified atom stereocenters. The van der Waals surface area contributed by atoms with Crippen LogP contribution in [0.5, 0.6) is 0 Å². The zero-order chi connectivity index (χ0) is 17.2. The van der Waals surface area contributed by atoms with E-state index >= 15 is 0 Å². The van der Waals surface area contributed by atoms with Crippen molar-refractivity contribution in [3.8, 4) is 0 Å². The summed E-state index contributed by atoms with van der Waals surface area (Å²) in [6.07, 6.45) is 7.26. The zero-order valence-electron chi connectivity index (χ0n) is 13.5. The topological polar surface area (TPSA) is 87.8 Å². The fourth-order valence-corrected chi connectivity index (χ4v) is 2.03. The highest BCUT2D eigenvalue weighted by atomic mass is 15.4. The van der Waals surface area contributed by atoms with Gasteiger partial charge in [0.05, 0.1) is 12.7 Å². The van der Waals surface area contributed by atoms with E-state index in [1.54, 1.807) is 24.8 Å². The van der Waals surface area contributed by atoms with Gasteiger partial charge in [-0.25, -0.2) is 4.98 Å². The van der Waals surface area contributed by atoms with Gasteiger partial charge in [0.25, 0.3) is 0 Å². The Hall–Kier alpha value is -3.48. The van der Waals surface area contributed by atoms with Crippen molar-refractivity contribution in [3.05, 3.63) is 84.6 Å². The van der Waals surface area contributed by atoms with Crippen LogP contribution in [-0.4, -0.2) is 27.3 Å². The summed E-state index contributed by atoms with van der Waals surface area (Å²) in [6, 6.07) is 15.7. The lowest BCUT2D eigenvalue weighted by atomic mass is 10.2. The molecule has 2 aromatic heterocycles. The smallest absolute Gasteiger partial charge is 0.219 e. The van der Waals surface area contributed by atoms with Gasteiger partial charge < -0.3 is 0 Å². The lowest BCUT2D eigenvalue weighted by Crippen LogP contribution is -2.04. The minimum Gasteiger partial charge on any atom is -0.259 e. The maximum atomic E-state index is 4.27. The Labute approximate surface area is 145 Å². The molecule has 124 valence electrons. The fraction of sp³-hybridized carbons (Fsp3) is 0.111. The molecule has 2 heterocycles. The van der Waals surface area contributed by atoms with E-state index in [0.717, 1.165) is 6.42 Å². The first-order valence-corrected chi connectivity index (χ1v) is 7.84. The molecule has 25 heavy (non-hydrogen) atoms. The molecule has 3 aromatic rings. The van der Waals surface area contributed by atoms with E-state index in [1.165, 1.54) is 5.56 Å². The molecule has 3 rings (SSSR count). The molecular weight excluding hydrogens is 314 g/mol. The molecule has 0 fully saturated rings. The Morgan fingerprint density at radius 3 is 2.56 bits per heavy atom. The largest absolute Gasteiger partial charge is 0.259 e. The van der Waals surface area contributed by atoms with Crippen molar-refractivity contribution in [1.82, 2.24) is 15.0 Å². The molecular formula is C18H17N7. The summed E-state index contributed by atoms with van der Waals surface area (Å²) >= 11 is 0. The van der Waals surface area contributed by atoms with Crippen LogP contribution in [-0.2, 0) is 6.42 Å². The lowest BCUT2D eigenvalue weighted by molar-refractivity contribution is 0.908. The number of pyridine rings is 1. The van der Waals surface area contributed by atoms with Gasteiger partial charge in [0.1, 0.15) is 5.69 Å².